The highest BCUT2D eigenvalue weighted by Gasteiger charge is 2.21. The van der Waals surface area contributed by atoms with E-state index < -0.39 is 0 Å². The van der Waals surface area contributed by atoms with Crippen LogP contribution in [0.2, 0.25) is 0 Å². The third kappa shape index (κ3) is 2.59. The molecular formula is C14H15N5O. The number of nitrogens with one attached hydrogen (secondary N) is 2. The van der Waals surface area contributed by atoms with Crippen LogP contribution in [0.15, 0.2) is 29.6 Å². The Morgan fingerprint density at radius 1 is 1.30 bits per heavy atom. The monoisotopic (exact) mass is 269 g/mol. The summed E-state index contributed by atoms with van der Waals surface area (Å²) in [6, 6.07) is 3.62. The zero-order valence-corrected chi connectivity index (χ0v) is 11.0. The maximum absolute atomic E-state index is 12.0. The van der Waals surface area contributed by atoms with Crippen LogP contribution in [0.4, 0.5) is 0 Å². The quantitative estimate of drug-likeness (QED) is 0.653. The van der Waals surface area contributed by atoms with Gasteiger partial charge in [0.2, 0.25) is 0 Å². The van der Waals surface area contributed by atoms with Crippen molar-refractivity contribution in [1.82, 2.24) is 20.6 Å². The minimum absolute atomic E-state index is 0.269. The van der Waals surface area contributed by atoms with Gasteiger partial charge in [0.1, 0.15) is 0 Å². The summed E-state index contributed by atoms with van der Waals surface area (Å²) in [5.74, 6) is -0.269. The first-order chi connectivity index (χ1) is 9.84. The number of nitrogens with zero attached hydrogens (tertiary/aromatic N) is 3. The zero-order chi connectivity index (χ0) is 13.8. The molecule has 20 heavy (non-hydrogen) atoms. The van der Waals surface area contributed by atoms with Crippen molar-refractivity contribution in [2.24, 2.45) is 5.10 Å². The van der Waals surface area contributed by atoms with Gasteiger partial charge in [0, 0.05) is 23.7 Å². The fourth-order valence-electron chi connectivity index (χ4n) is 2.34. The van der Waals surface area contributed by atoms with Gasteiger partial charge in [0.25, 0.3) is 5.91 Å². The highest BCUT2D eigenvalue weighted by Crippen LogP contribution is 2.21. The molecule has 1 amide bonds. The second kappa shape index (κ2) is 5.64. The molecular weight excluding hydrogens is 254 g/mol. The Morgan fingerprint density at radius 2 is 2.10 bits per heavy atom. The van der Waals surface area contributed by atoms with Crippen LogP contribution in [0.3, 0.4) is 0 Å². The van der Waals surface area contributed by atoms with Crippen LogP contribution in [-0.2, 0) is 12.8 Å². The number of H-pyrrole nitrogens is 1. The number of rotatable bonds is 3. The van der Waals surface area contributed by atoms with Crippen molar-refractivity contribution in [3.63, 3.8) is 0 Å². The van der Waals surface area contributed by atoms with Crippen LogP contribution in [0.25, 0.3) is 0 Å². The van der Waals surface area contributed by atoms with E-state index >= 15 is 0 Å². The molecule has 0 aliphatic heterocycles. The summed E-state index contributed by atoms with van der Waals surface area (Å²) >= 11 is 0. The first-order valence-corrected chi connectivity index (χ1v) is 6.64. The van der Waals surface area contributed by atoms with E-state index in [1.807, 2.05) is 12.1 Å². The molecule has 2 heterocycles. The molecule has 6 heteroatoms. The molecule has 0 unspecified atom stereocenters. The van der Waals surface area contributed by atoms with Crippen molar-refractivity contribution in [2.45, 2.75) is 25.7 Å². The van der Waals surface area contributed by atoms with Crippen LogP contribution in [0.5, 0.6) is 0 Å². The number of aryl methyl sites for hydroxylation is 1. The molecule has 1 aliphatic rings. The highest BCUT2D eigenvalue weighted by molar-refractivity contribution is 5.94. The number of hydrogen-bond donors (Lipinski definition) is 2. The van der Waals surface area contributed by atoms with Crippen LogP contribution in [-0.4, -0.2) is 27.3 Å². The van der Waals surface area contributed by atoms with E-state index in [-0.39, 0.29) is 5.91 Å². The molecule has 0 atom stereocenters. The second-order valence-electron chi connectivity index (χ2n) is 4.72. The van der Waals surface area contributed by atoms with Gasteiger partial charge in [0.05, 0.1) is 6.21 Å². The van der Waals surface area contributed by atoms with Crippen LogP contribution < -0.4 is 5.43 Å². The van der Waals surface area contributed by atoms with E-state index in [1.165, 1.54) is 0 Å². The minimum atomic E-state index is -0.269. The standard InChI is InChI=1S/C14H15N5O/c20-14(19-16-9-10-5-7-15-8-6-10)13-11-3-1-2-4-12(11)17-18-13/h5-9H,1-4H2,(H,17,18)(H,19,20)/b16-9+. The molecule has 6 nitrogen and oxygen atoms in total. The lowest BCUT2D eigenvalue weighted by molar-refractivity contribution is 0.0949. The fourth-order valence-corrected chi connectivity index (χ4v) is 2.34. The van der Waals surface area contributed by atoms with Crippen molar-refractivity contribution in [3.05, 3.63) is 47.0 Å². The summed E-state index contributed by atoms with van der Waals surface area (Å²) < 4.78 is 0. The summed E-state index contributed by atoms with van der Waals surface area (Å²) in [4.78, 5) is 16.0. The Hall–Kier alpha value is -2.50. The van der Waals surface area contributed by atoms with Gasteiger partial charge < -0.3 is 0 Å². The predicted molar refractivity (Wildman–Crippen MR) is 74.5 cm³/mol. The van der Waals surface area contributed by atoms with Crippen LogP contribution in [0.1, 0.15) is 40.2 Å². The van der Waals surface area contributed by atoms with Gasteiger partial charge in [-0.3, -0.25) is 14.9 Å². The van der Waals surface area contributed by atoms with Gasteiger partial charge in [-0.15, -0.1) is 0 Å². The molecule has 2 aromatic heterocycles. The molecule has 2 aromatic rings. The Labute approximate surface area is 116 Å². The van der Waals surface area contributed by atoms with Crippen molar-refractivity contribution in [2.75, 3.05) is 0 Å². The Morgan fingerprint density at radius 3 is 2.95 bits per heavy atom. The van der Waals surface area contributed by atoms with Gasteiger partial charge >= 0.3 is 0 Å². The number of fused-ring (bicyclic) bond motifs is 1. The van der Waals surface area contributed by atoms with Crippen molar-refractivity contribution in [1.29, 1.82) is 0 Å². The molecule has 1 aliphatic carbocycles. The summed E-state index contributed by atoms with van der Waals surface area (Å²) in [7, 11) is 0. The maximum Gasteiger partial charge on any atom is 0.292 e. The fraction of sp³-hybridized carbons (Fsp3) is 0.286. The van der Waals surface area contributed by atoms with E-state index in [4.69, 9.17) is 0 Å². The molecule has 102 valence electrons. The number of carbonyl (C=O) groups is 1. The largest absolute Gasteiger partial charge is 0.292 e. The predicted octanol–water partition coefficient (Wildman–Crippen LogP) is 1.45. The molecule has 0 radical (unpaired) electrons. The Bertz CT molecular complexity index is 632. The average molecular weight is 269 g/mol. The average Bonchev–Trinajstić information content (AvgIpc) is 2.92. The summed E-state index contributed by atoms with van der Waals surface area (Å²) in [5, 5.41) is 11.0. The smallest absolute Gasteiger partial charge is 0.281 e. The third-order valence-corrected chi connectivity index (χ3v) is 3.36. The summed E-state index contributed by atoms with van der Waals surface area (Å²) in [6.45, 7) is 0. The number of carbonyl (C=O) groups excluding carboxylic acids is 1. The third-order valence-electron chi connectivity index (χ3n) is 3.36. The number of hydrogen-bond acceptors (Lipinski definition) is 4. The van der Waals surface area contributed by atoms with Gasteiger partial charge in [-0.2, -0.15) is 10.2 Å². The van der Waals surface area contributed by atoms with Crippen LogP contribution >= 0.6 is 0 Å². The number of hydrazone groups is 1. The molecule has 3 rings (SSSR count). The van der Waals surface area contributed by atoms with E-state index in [2.05, 4.69) is 25.7 Å². The molecule has 0 aromatic carbocycles. The topological polar surface area (TPSA) is 83.0 Å². The lowest BCUT2D eigenvalue weighted by atomic mass is 9.96. The minimum Gasteiger partial charge on any atom is -0.281 e. The van der Waals surface area contributed by atoms with Gasteiger partial charge in [-0.1, -0.05) is 0 Å². The van der Waals surface area contributed by atoms with E-state index in [0.717, 1.165) is 42.5 Å². The Kier molecular flexibility index (Phi) is 3.54. The first kappa shape index (κ1) is 12.5. The molecule has 0 bridgehead atoms. The van der Waals surface area contributed by atoms with E-state index in [9.17, 15) is 4.79 Å². The van der Waals surface area contributed by atoms with E-state index in [1.54, 1.807) is 18.6 Å². The molecule has 0 saturated carbocycles. The van der Waals surface area contributed by atoms with E-state index in [0.29, 0.717) is 5.69 Å². The lowest BCUT2D eigenvalue weighted by Crippen LogP contribution is -2.20. The van der Waals surface area contributed by atoms with Crippen LogP contribution in [0, 0.1) is 0 Å². The molecule has 0 spiro atoms. The lowest BCUT2D eigenvalue weighted by Gasteiger charge is -2.10. The maximum atomic E-state index is 12.0. The molecule has 2 N–H and O–H groups in total. The summed E-state index contributed by atoms with van der Waals surface area (Å²) in [5.41, 5.74) is 5.97. The van der Waals surface area contributed by atoms with Gasteiger partial charge in [-0.05, 0) is 43.4 Å². The first-order valence-electron chi connectivity index (χ1n) is 6.64. The highest BCUT2D eigenvalue weighted by atomic mass is 16.2. The Balaban J connectivity index is 1.68. The normalized spacial score (nSPS) is 14.2. The number of amides is 1. The van der Waals surface area contributed by atoms with Crippen molar-refractivity contribution < 1.29 is 4.79 Å². The zero-order valence-electron chi connectivity index (χ0n) is 11.0. The molecule has 0 fully saturated rings. The summed E-state index contributed by atoms with van der Waals surface area (Å²) in [6.07, 6.45) is 9.06. The number of aromatic amines is 1. The number of aromatic nitrogens is 3. The second-order valence-corrected chi connectivity index (χ2v) is 4.72. The molecule has 0 saturated heterocycles. The van der Waals surface area contributed by atoms with Crippen molar-refractivity contribution >= 4 is 12.1 Å². The number of pyridine rings is 1. The van der Waals surface area contributed by atoms with Gasteiger partial charge in [-0.25, -0.2) is 5.43 Å². The SMILES string of the molecule is O=C(N/N=C/c1ccncc1)c1n[nH]c2c1CCCC2. The van der Waals surface area contributed by atoms with Gasteiger partial charge in [0.15, 0.2) is 5.69 Å². The van der Waals surface area contributed by atoms with Crippen molar-refractivity contribution in [3.8, 4) is 0 Å².